The highest BCUT2D eigenvalue weighted by molar-refractivity contribution is 5.88. The van der Waals surface area contributed by atoms with E-state index in [0.717, 1.165) is 71.6 Å². The molecule has 1 aromatic carbocycles. The number of benzene rings is 1. The second-order valence-electron chi connectivity index (χ2n) is 11.3. The molecule has 2 aromatic heterocycles. The van der Waals surface area contributed by atoms with Crippen LogP contribution in [0.25, 0.3) is 22.3 Å². The third-order valence-corrected chi connectivity index (χ3v) is 8.48. The quantitative estimate of drug-likeness (QED) is 0.437. The fraction of sp³-hybridized carbons (Fsp3) is 0.600. The summed E-state index contributed by atoms with van der Waals surface area (Å²) in [6.07, 6.45) is 6.86. The van der Waals surface area contributed by atoms with Crippen molar-refractivity contribution >= 4 is 11.0 Å². The number of rotatable bonds is 7. The van der Waals surface area contributed by atoms with E-state index in [-0.39, 0.29) is 0 Å². The normalized spacial score (nSPS) is 18.8. The molecule has 5 rings (SSSR count). The van der Waals surface area contributed by atoms with Gasteiger partial charge in [0, 0.05) is 29.1 Å². The van der Waals surface area contributed by atoms with E-state index in [1.54, 1.807) is 14.2 Å². The zero-order valence-corrected chi connectivity index (χ0v) is 23.4. The van der Waals surface area contributed by atoms with Crippen LogP contribution < -0.4 is 9.47 Å². The number of methoxy groups -OCH3 is 2. The number of aromatic nitrogens is 3. The molecule has 2 aliphatic heterocycles. The summed E-state index contributed by atoms with van der Waals surface area (Å²) in [4.78, 5) is 19.0. The van der Waals surface area contributed by atoms with Crippen LogP contribution in [0.1, 0.15) is 76.6 Å². The molecule has 2 saturated heterocycles. The van der Waals surface area contributed by atoms with Crippen LogP contribution in [0.4, 0.5) is 0 Å². The SMILES string of the molecule is COc1ccc(-c2[nH]c3cnc(C4CCN(C5CCN(C(C)C)CC5)CC4)nc3c2C(C)C)cc1OC. The molecule has 2 aliphatic rings. The number of ether oxygens (including phenoxy) is 2. The van der Waals surface area contributed by atoms with Crippen LogP contribution in [-0.2, 0) is 0 Å². The monoisotopic (exact) mass is 505 g/mol. The smallest absolute Gasteiger partial charge is 0.161 e. The van der Waals surface area contributed by atoms with Crippen molar-refractivity contribution in [1.82, 2.24) is 24.8 Å². The van der Waals surface area contributed by atoms with Crippen molar-refractivity contribution in [3.63, 3.8) is 0 Å². The zero-order chi connectivity index (χ0) is 26.1. The van der Waals surface area contributed by atoms with E-state index >= 15 is 0 Å². The van der Waals surface area contributed by atoms with Gasteiger partial charge in [-0.2, -0.15) is 0 Å². The Morgan fingerprint density at radius 3 is 2.24 bits per heavy atom. The highest BCUT2D eigenvalue weighted by atomic mass is 16.5. The van der Waals surface area contributed by atoms with Gasteiger partial charge in [-0.25, -0.2) is 9.97 Å². The Morgan fingerprint density at radius 2 is 1.62 bits per heavy atom. The van der Waals surface area contributed by atoms with E-state index in [1.807, 2.05) is 18.3 Å². The molecule has 1 N–H and O–H groups in total. The van der Waals surface area contributed by atoms with Crippen molar-refractivity contribution in [2.75, 3.05) is 40.4 Å². The number of H-pyrrole nitrogens is 1. The fourth-order valence-electron chi connectivity index (χ4n) is 6.28. The Labute approximate surface area is 221 Å². The summed E-state index contributed by atoms with van der Waals surface area (Å²) in [5.41, 5.74) is 5.43. The largest absolute Gasteiger partial charge is 0.493 e. The van der Waals surface area contributed by atoms with Gasteiger partial charge in [-0.05, 0) is 89.8 Å². The standard InChI is InChI=1S/C30H43N5O2/c1-19(2)27-28(22-7-8-25(36-5)26(17-22)37-6)32-24-18-31-30(33-29(24)27)21-9-13-35(14-10-21)23-11-15-34(16-12-23)20(3)4/h7-8,17-21,23,32H,9-16H2,1-6H3. The lowest BCUT2D eigenvalue weighted by molar-refractivity contribution is 0.0747. The maximum Gasteiger partial charge on any atom is 0.161 e. The number of hydrogen-bond acceptors (Lipinski definition) is 6. The minimum Gasteiger partial charge on any atom is -0.493 e. The molecular weight excluding hydrogens is 462 g/mol. The van der Waals surface area contributed by atoms with Crippen molar-refractivity contribution in [2.24, 2.45) is 0 Å². The molecule has 200 valence electrons. The lowest BCUT2D eigenvalue weighted by Gasteiger charge is -2.42. The molecule has 0 aliphatic carbocycles. The number of nitrogens with zero attached hydrogens (tertiary/aromatic N) is 4. The van der Waals surface area contributed by atoms with Gasteiger partial charge in [0.2, 0.25) is 0 Å². The minimum atomic E-state index is 0.318. The minimum absolute atomic E-state index is 0.318. The number of hydrogen-bond donors (Lipinski definition) is 1. The Kier molecular flexibility index (Phi) is 7.72. The van der Waals surface area contributed by atoms with Crippen molar-refractivity contribution in [3.8, 4) is 22.8 Å². The molecule has 0 unspecified atom stereocenters. The van der Waals surface area contributed by atoms with Crippen molar-refractivity contribution in [2.45, 2.75) is 77.3 Å². The summed E-state index contributed by atoms with van der Waals surface area (Å²) in [7, 11) is 3.34. The van der Waals surface area contributed by atoms with E-state index in [4.69, 9.17) is 19.4 Å². The molecular formula is C30H43N5O2. The van der Waals surface area contributed by atoms with Crippen LogP contribution in [0.3, 0.4) is 0 Å². The Balaban J connectivity index is 1.35. The summed E-state index contributed by atoms with van der Waals surface area (Å²) >= 11 is 0. The van der Waals surface area contributed by atoms with Crippen LogP contribution >= 0.6 is 0 Å². The lowest BCUT2D eigenvalue weighted by Crippen LogP contribution is -2.48. The third-order valence-electron chi connectivity index (χ3n) is 8.48. The number of piperidine rings is 2. The predicted molar refractivity (Wildman–Crippen MR) is 150 cm³/mol. The highest BCUT2D eigenvalue weighted by Gasteiger charge is 2.30. The van der Waals surface area contributed by atoms with E-state index in [0.29, 0.717) is 17.9 Å². The molecule has 0 bridgehead atoms. The first-order valence-electron chi connectivity index (χ1n) is 14.0. The number of aromatic amines is 1. The van der Waals surface area contributed by atoms with Crippen LogP contribution in [-0.4, -0.2) is 77.2 Å². The second kappa shape index (κ2) is 11.0. The molecule has 0 radical (unpaired) electrons. The molecule has 0 amide bonds. The molecule has 3 aromatic rings. The van der Waals surface area contributed by atoms with Gasteiger partial charge in [-0.15, -0.1) is 0 Å². The Hall–Kier alpha value is -2.64. The average molecular weight is 506 g/mol. The second-order valence-corrected chi connectivity index (χ2v) is 11.3. The van der Waals surface area contributed by atoms with Gasteiger partial charge in [0.05, 0.1) is 37.1 Å². The van der Waals surface area contributed by atoms with Crippen LogP contribution in [0.5, 0.6) is 11.5 Å². The number of likely N-dealkylation sites (tertiary alicyclic amines) is 2. The van der Waals surface area contributed by atoms with Gasteiger partial charge < -0.3 is 24.3 Å². The lowest BCUT2D eigenvalue weighted by atomic mass is 9.92. The molecule has 0 atom stereocenters. The van der Waals surface area contributed by atoms with Crippen molar-refractivity contribution < 1.29 is 9.47 Å². The summed E-state index contributed by atoms with van der Waals surface area (Å²) < 4.78 is 11.0. The molecule has 7 heteroatoms. The molecule has 2 fully saturated rings. The van der Waals surface area contributed by atoms with E-state index in [1.165, 1.54) is 31.5 Å². The van der Waals surface area contributed by atoms with Gasteiger partial charge >= 0.3 is 0 Å². The predicted octanol–water partition coefficient (Wildman–Crippen LogP) is 5.82. The van der Waals surface area contributed by atoms with Gasteiger partial charge in [0.1, 0.15) is 5.82 Å². The summed E-state index contributed by atoms with van der Waals surface area (Å²) in [5, 5.41) is 0. The van der Waals surface area contributed by atoms with Crippen molar-refractivity contribution in [1.29, 1.82) is 0 Å². The maximum atomic E-state index is 5.57. The molecule has 37 heavy (non-hydrogen) atoms. The molecule has 7 nitrogen and oxygen atoms in total. The van der Waals surface area contributed by atoms with Gasteiger partial charge in [0.15, 0.2) is 11.5 Å². The summed E-state index contributed by atoms with van der Waals surface area (Å²) in [6.45, 7) is 13.9. The van der Waals surface area contributed by atoms with Crippen LogP contribution in [0.15, 0.2) is 24.4 Å². The first kappa shape index (κ1) is 26.0. The van der Waals surface area contributed by atoms with Gasteiger partial charge in [0.25, 0.3) is 0 Å². The number of fused-ring (bicyclic) bond motifs is 1. The maximum absolute atomic E-state index is 5.57. The zero-order valence-electron chi connectivity index (χ0n) is 23.4. The fourth-order valence-corrected chi connectivity index (χ4v) is 6.28. The van der Waals surface area contributed by atoms with E-state index < -0.39 is 0 Å². The first-order chi connectivity index (χ1) is 17.9. The average Bonchev–Trinajstić information content (AvgIpc) is 3.32. The van der Waals surface area contributed by atoms with Crippen molar-refractivity contribution in [3.05, 3.63) is 35.8 Å². The van der Waals surface area contributed by atoms with Gasteiger partial charge in [-0.1, -0.05) is 13.8 Å². The van der Waals surface area contributed by atoms with E-state index in [2.05, 4.69) is 48.5 Å². The van der Waals surface area contributed by atoms with Gasteiger partial charge in [-0.3, -0.25) is 0 Å². The van der Waals surface area contributed by atoms with E-state index in [9.17, 15) is 0 Å². The molecule has 0 saturated carbocycles. The third kappa shape index (κ3) is 5.21. The molecule has 0 spiro atoms. The highest BCUT2D eigenvalue weighted by Crippen LogP contribution is 2.39. The Morgan fingerprint density at radius 1 is 0.919 bits per heavy atom. The van der Waals surface area contributed by atoms with Crippen LogP contribution in [0.2, 0.25) is 0 Å². The summed E-state index contributed by atoms with van der Waals surface area (Å²) in [5.74, 6) is 3.20. The topological polar surface area (TPSA) is 66.5 Å². The molecule has 4 heterocycles. The Bertz CT molecular complexity index is 1200. The summed E-state index contributed by atoms with van der Waals surface area (Å²) in [6, 6.07) is 7.47. The first-order valence-corrected chi connectivity index (χ1v) is 14.0. The number of nitrogens with one attached hydrogen (secondary N) is 1. The van der Waals surface area contributed by atoms with Crippen LogP contribution in [0, 0.1) is 0 Å².